The first kappa shape index (κ1) is 18.4. The van der Waals surface area contributed by atoms with Crippen LogP contribution in [0.1, 0.15) is 48.4 Å². The topological polar surface area (TPSA) is 67.9 Å². The number of aromatic nitrogens is 2. The van der Waals surface area contributed by atoms with Crippen LogP contribution in [0.15, 0.2) is 41.2 Å². The quantitative estimate of drug-likeness (QED) is 0.626. The van der Waals surface area contributed by atoms with Crippen LogP contribution in [-0.4, -0.2) is 22.3 Å². The van der Waals surface area contributed by atoms with Gasteiger partial charge in [0, 0.05) is 12.0 Å². The molecule has 1 aliphatic heterocycles. The molecule has 5 rings (SSSR count). The predicted molar refractivity (Wildman–Crippen MR) is 112 cm³/mol. The lowest BCUT2D eigenvalue weighted by Crippen LogP contribution is -2.28. The van der Waals surface area contributed by atoms with Crippen LogP contribution in [0.2, 0.25) is 5.02 Å². The largest absolute Gasteiger partial charge is 0.378 e. The molecule has 2 aromatic carbocycles. The first-order chi connectivity index (χ1) is 14.2. The van der Waals surface area contributed by atoms with E-state index in [2.05, 4.69) is 11.1 Å². The van der Waals surface area contributed by atoms with Crippen LogP contribution in [0.3, 0.4) is 0 Å². The van der Waals surface area contributed by atoms with Crippen LogP contribution in [0.25, 0.3) is 16.6 Å². The Hall–Kier alpha value is -2.68. The fourth-order valence-electron chi connectivity index (χ4n) is 4.04. The van der Waals surface area contributed by atoms with Crippen molar-refractivity contribution in [2.45, 2.75) is 44.1 Å². The van der Waals surface area contributed by atoms with Crippen LogP contribution < -0.4 is 5.69 Å². The Morgan fingerprint density at radius 1 is 1.24 bits per heavy atom. The lowest BCUT2D eigenvalue weighted by molar-refractivity contribution is -0.0542. The minimum Gasteiger partial charge on any atom is -0.378 e. The van der Waals surface area contributed by atoms with Crippen molar-refractivity contribution in [2.24, 2.45) is 0 Å². The van der Waals surface area contributed by atoms with Gasteiger partial charge in [-0.05, 0) is 67.9 Å². The highest BCUT2D eigenvalue weighted by molar-refractivity contribution is 6.32. The second-order valence-electron chi connectivity index (χ2n) is 7.79. The van der Waals surface area contributed by atoms with E-state index in [1.165, 1.54) is 0 Å². The van der Waals surface area contributed by atoms with Gasteiger partial charge < -0.3 is 4.74 Å². The Bertz CT molecular complexity index is 1200. The third kappa shape index (κ3) is 3.33. The van der Waals surface area contributed by atoms with Crippen LogP contribution in [0, 0.1) is 11.3 Å². The first-order valence-corrected chi connectivity index (χ1v) is 10.4. The highest BCUT2D eigenvalue weighted by Gasteiger charge is 2.28. The molecular weight excluding hydrogens is 386 g/mol. The third-order valence-electron chi connectivity index (χ3n) is 5.87. The van der Waals surface area contributed by atoms with E-state index in [0.29, 0.717) is 28.6 Å². The van der Waals surface area contributed by atoms with Gasteiger partial charge in [0.1, 0.15) is 0 Å². The SMILES string of the molecule is N#Cc1cc2c(CCC3CCO3)nc(=O)n(-c3ccccc3Cl)c2cc1C1CC1. The molecule has 2 heterocycles. The van der Waals surface area contributed by atoms with Crippen LogP contribution in [0.5, 0.6) is 0 Å². The van der Waals surface area contributed by atoms with Crippen molar-refractivity contribution in [1.82, 2.24) is 9.55 Å². The minimum absolute atomic E-state index is 0.235. The van der Waals surface area contributed by atoms with Gasteiger partial charge in [0.05, 0.1) is 39.7 Å². The zero-order valence-electron chi connectivity index (χ0n) is 15.9. The average molecular weight is 406 g/mol. The summed E-state index contributed by atoms with van der Waals surface area (Å²) in [4.78, 5) is 17.5. The van der Waals surface area contributed by atoms with Crippen LogP contribution in [-0.2, 0) is 11.2 Å². The van der Waals surface area contributed by atoms with E-state index in [0.717, 1.165) is 54.5 Å². The summed E-state index contributed by atoms with van der Waals surface area (Å²) in [7, 11) is 0. The van der Waals surface area contributed by atoms with E-state index < -0.39 is 0 Å². The number of nitriles is 1. The molecule has 1 saturated carbocycles. The van der Waals surface area contributed by atoms with E-state index >= 15 is 0 Å². The Morgan fingerprint density at radius 3 is 2.69 bits per heavy atom. The number of hydrogen-bond acceptors (Lipinski definition) is 4. The number of halogens is 1. The standard InChI is InChI=1S/C23H20ClN3O2/c24-19-3-1-2-4-21(19)27-22-12-17(14-5-6-14)15(13-25)11-18(22)20(26-23(27)28)8-7-16-9-10-29-16/h1-4,11-12,14,16H,5-10H2. The maximum Gasteiger partial charge on any atom is 0.352 e. The Kier molecular flexibility index (Phi) is 4.61. The molecule has 146 valence electrons. The van der Waals surface area contributed by atoms with Crippen molar-refractivity contribution < 1.29 is 4.74 Å². The van der Waals surface area contributed by atoms with Gasteiger partial charge in [-0.25, -0.2) is 4.79 Å². The highest BCUT2D eigenvalue weighted by Crippen LogP contribution is 2.43. The van der Waals surface area contributed by atoms with Crippen molar-refractivity contribution >= 4 is 22.5 Å². The van der Waals surface area contributed by atoms with Gasteiger partial charge in [0.2, 0.25) is 0 Å². The molecular formula is C23H20ClN3O2. The molecule has 3 aromatic rings. The monoisotopic (exact) mass is 405 g/mol. The molecule has 6 heteroatoms. The fraction of sp³-hybridized carbons (Fsp3) is 0.348. The summed E-state index contributed by atoms with van der Waals surface area (Å²) < 4.78 is 7.10. The summed E-state index contributed by atoms with van der Waals surface area (Å²) >= 11 is 6.42. The highest BCUT2D eigenvalue weighted by atomic mass is 35.5. The molecule has 1 atom stereocenters. The van der Waals surface area contributed by atoms with E-state index in [4.69, 9.17) is 16.3 Å². The van der Waals surface area contributed by atoms with E-state index in [1.807, 2.05) is 30.3 Å². The average Bonchev–Trinajstić information content (AvgIpc) is 3.52. The molecule has 0 bridgehead atoms. The molecule has 1 aromatic heterocycles. The predicted octanol–water partition coefficient (Wildman–Crippen LogP) is 4.51. The third-order valence-corrected chi connectivity index (χ3v) is 6.19. The zero-order chi connectivity index (χ0) is 20.0. The molecule has 1 aliphatic carbocycles. The normalized spacial score (nSPS) is 18.4. The lowest BCUT2D eigenvalue weighted by Gasteiger charge is -2.26. The number of aryl methyl sites for hydroxylation is 1. The molecule has 0 spiro atoms. The molecule has 29 heavy (non-hydrogen) atoms. The zero-order valence-corrected chi connectivity index (χ0v) is 16.7. The van der Waals surface area contributed by atoms with Crippen LogP contribution >= 0.6 is 11.6 Å². The maximum absolute atomic E-state index is 13.1. The van der Waals surface area contributed by atoms with Crippen molar-refractivity contribution in [1.29, 1.82) is 5.26 Å². The van der Waals surface area contributed by atoms with E-state index in [9.17, 15) is 10.1 Å². The fourth-order valence-corrected chi connectivity index (χ4v) is 4.26. The molecule has 2 aliphatic rings. The van der Waals surface area contributed by atoms with E-state index in [-0.39, 0.29) is 11.8 Å². The van der Waals surface area contributed by atoms with Gasteiger partial charge >= 0.3 is 5.69 Å². The summed E-state index contributed by atoms with van der Waals surface area (Å²) in [6.45, 7) is 0.802. The summed E-state index contributed by atoms with van der Waals surface area (Å²) in [5.74, 6) is 0.392. The summed E-state index contributed by atoms with van der Waals surface area (Å²) in [5, 5.41) is 11.0. The van der Waals surface area contributed by atoms with Gasteiger partial charge in [0.15, 0.2) is 0 Å². The molecule has 1 saturated heterocycles. The molecule has 0 amide bonds. The molecule has 5 nitrogen and oxygen atoms in total. The smallest absolute Gasteiger partial charge is 0.352 e. The van der Waals surface area contributed by atoms with Crippen molar-refractivity contribution in [3.8, 4) is 11.8 Å². The van der Waals surface area contributed by atoms with Crippen molar-refractivity contribution in [3.63, 3.8) is 0 Å². The molecule has 2 fully saturated rings. The molecule has 0 N–H and O–H groups in total. The number of nitrogens with zero attached hydrogens (tertiary/aromatic N) is 3. The number of para-hydroxylation sites is 1. The number of rotatable bonds is 5. The number of benzene rings is 2. The summed E-state index contributed by atoms with van der Waals surface area (Å²) in [5.41, 5.74) is 3.44. The second kappa shape index (κ2) is 7.29. The Morgan fingerprint density at radius 2 is 2.03 bits per heavy atom. The number of ether oxygens (including phenoxy) is 1. The summed E-state index contributed by atoms with van der Waals surface area (Å²) in [6.07, 6.45) is 4.90. The lowest BCUT2D eigenvalue weighted by atomic mass is 9.97. The number of fused-ring (bicyclic) bond motifs is 1. The summed E-state index contributed by atoms with van der Waals surface area (Å²) in [6, 6.07) is 13.5. The first-order valence-electron chi connectivity index (χ1n) is 10.0. The van der Waals surface area contributed by atoms with Crippen LogP contribution in [0.4, 0.5) is 0 Å². The number of hydrogen-bond donors (Lipinski definition) is 0. The van der Waals surface area contributed by atoms with Gasteiger partial charge in [0.25, 0.3) is 0 Å². The van der Waals surface area contributed by atoms with Gasteiger partial charge in [-0.1, -0.05) is 23.7 Å². The van der Waals surface area contributed by atoms with Gasteiger partial charge in [-0.3, -0.25) is 4.57 Å². The van der Waals surface area contributed by atoms with Crippen molar-refractivity contribution in [3.05, 3.63) is 68.7 Å². The Balaban J connectivity index is 1.75. The van der Waals surface area contributed by atoms with Gasteiger partial charge in [-0.2, -0.15) is 10.2 Å². The van der Waals surface area contributed by atoms with Crippen molar-refractivity contribution in [2.75, 3.05) is 6.61 Å². The molecule has 0 radical (unpaired) electrons. The molecule has 1 unspecified atom stereocenters. The second-order valence-corrected chi connectivity index (χ2v) is 8.20. The van der Waals surface area contributed by atoms with Gasteiger partial charge in [-0.15, -0.1) is 0 Å². The Labute approximate surface area is 173 Å². The minimum atomic E-state index is -0.346. The maximum atomic E-state index is 13.1. The van der Waals surface area contributed by atoms with E-state index in [1.54, 1.807) is 10.6 Å².